The zero-order chi connectivity index (χ0) is 19.1. The van der Waals surface area contributed by atoms with Gasteiger partial charge in [-0.05, 0) is 42.6 Å². The van der Waals surface area contributed by atoms with Crippen LogP contribution in [0.2, 0.25) is 0 Å². The number of anilines is 2. The zero-order valence-electron chi connectivity index (χ0n) is 14.6. The predicted octanol–water partition coefficient (Wildman–Crippen LogP) is 2.83. The molecular formula is C18H18N4O4S. The van der Waals surface area contributed by atoms with Gasteiger partial charge < -0.3 is 14.8 Å². The first kappa shape index (κ1) is 18.7. The first-order chi connectivity index (χ1) is 13.2. The van der Waals surface area contributed by atoms with Gasteiger partial charge in [0.2, 0.25) is 5.95 Å². The lowest BCUT2D eigenvalue weighted by molar-refractivity contribution is 0.0335. The van der Waals surface area contributed by atoms with Crippen molar-refractivity contribution < 1.29 is 14.3 Å². The minimum Gasteiger partial charge on any atom is -0.460 e. The summed E-state index contributed by atoms with van der Waals surface area (Å²) in [5.74, 6) is -0.206. The Hall–Kier alpha value is -3.04. The van der Waals surface area contributed by atoms with E-state index >= 15 is 0 Å². The van der Waals surface area contributed by atoms with E-state index in [1.54, 1.807) is 24.3 Å². The summed E-state index contributed by atoms with van der Waals surface area (Å²) >= 11 is 1.42. The molecule has 0 saturated carbocycles. The van der Waals surface area contributed by atoms with Gasteiger partial charge in [0.15, 0.2) is 5.69 Å². The average Bonchev–Trinajstić information content (AvgIpc) is 3.20. The van der Waals surface area contributed by atoms with Crippen LogP contribution in [-0.4, -0.2) is 41.0 Å². The molecule has 9 heteroatoms. The number of hydrogen-bond acceptors (Lipinski definition) is 8. The summed E-state index contributed by atoms with van der Waals surface area (Å²) in [4.78, 5) is 27.5. The molecule has 0 saturated heterocycles. The van der Waals surface area contributed by atoms with Crippen molar-refractivity contribution in [3.63, 3.8) is 0 Å². The number of ether oxygens (including phenoxy) is 2. The molecule has 0 fully saturated rings. The van der Waals surface area contributed by atoms with Crippen LogP contribution in [0.25, 0.3) is 10.6 Å². The van der Waals surface area contributed by atoms with E-state index in [9.17, 15) is 9.59 Å². The number of nitrogens with zero attached hydrogens (tertiary/aromatic N) is 2. The molecule has 2 N–H and O–H groups in total. The Balaban J connectivity index is 1.62. The van der Waals surface area contributed by atoms with Crippen LogP contribution in [0.1, 0.15) is 17.3 Å². The van der Waals surface area contributed by atoms with Crippen molar-refractivity contribution in [2.24, 2.45) is 0 Å². The van der Waals surface area contributed by atoms with Crippen LogP contribution in [0, 0.1) is 0 Å². The molecule has 0 aliphatic rings. The highest BCUT2D eigenvalue weighted by molar-refractivity contribution is 7.13. The van der Waals surface area contributed by atoms with E-state index in [0.717, 1.165) is 4.88 Å². The lowest BCUT2D eigenvalue weighted by atomic mass is 10.2. The van der Waals surface area contributed by atoms with Gasteiger partial charge in [-0.2, -0.15) is 0 Å². The summed E-state index contributed by atoms with van der Waals surface area (Å²) in [5.41, 5.74) is 1.02. The Bertz CT molecular complexity index is 939. The van der Waals surface area contributed by atoms with E-state index in [4.69, 9.17) is 9.47 Å². The van der Waals surface area contributed by atoms with Crippen LogP contribution in [0.15, 0.2) is 46.6 Å². The molecule has 140 valence electrons. The van der Waals surface area contributed by atoms with Crippen molar-refractivity contribution in [2.75, 3.05) is 25.1 Å². The molecule has 8 nitrogen and oxygen atoms in total. The Morgan fingerprint density at radius 1 is 1.19 bits per heavy atom. The molecule has 0 unspecified atom stereocenters. The van der Waals surface area contributed by atoms with Gasteiger partial charge in [0, 0.05) is 12.3 Å². The van der Waals surface area contributed by atoms with E-state index in [-0.39, 0.29) is 23.8 Å². The smallest absolute Gasteiger partial charge is 0.338 e. The minimum absolute atomic E-state index is 0.208. The van der Waals surface area contributed by atoms with Crippen molar-refractivity contribution in [3.8, 4) is 10.6 Å². The molecule has 2 heterocycles. The Kier molecular flexibility index (Phi) is 6.29. The van der Waals surface area contributed by atoms with Crippen molar-refractivity contribution in [2.45, 2.75) is 6.92 Å². The van der Waals surface area contributed by atoms with Crippen molar-refractivity contribution in [1.82, 2.24) is 15.2 Å². The Labute approximate surface area is 159 Å². The molecule has 3 rings (SSSR count). The van der Waals surface area contributed by atoms with E-state index in [2.05, 4.69) is 20.5 Å². The van der Waals surface area contributed by atoms with Gasteiger partial charge in [0.05, 0.1) is 17.0 Å². The highest BCUT2D eigenvalue weighted by Gasteiger charge is 2.10. The molecule has 0 aliphatic carbocycles. The summed E-state index contributed by atoms with van der Waals surface area (Å²) < 4.78 is 10.2. The standard InChI is InChI=1S/C18H18N4O4S/c1-2-25-9-10-26-17(24)12-5-7-13(8-6-12)19-18-20-16(23)15(21-22-18)14-4-3-11-27-14/h3-8,11H,2,9-10H2,1H3,(H2,19,20,22,23). The second-order valence-electron chi connectivity index (χ2n) is 5.36. The van der Waals surface area contributed by atoms with Crippen molar-refractivity contribution >= 4 is 28.9 Å². The molecule has 2 aromatic heterocycles. The highest BCUT2D eigenvalue weighted by atomic mass is 32.1. The first-order valence-electron chi connectivity index (χ1n) is 8.30. The number of H-pyrrole nitrogens is 1. The third-order valence-electron chi connectivity index (χ3n) is 3.50. The zero-order valence-corrected chi connectivity index (χ0v) is 15.4. The maximum atomic E-state index is 12.2. The molecule has 1 aromatic carbocycles. The maximum Gasteiger partial charge on any atom is 0.338 e. The number of thiophene rings is 1. The molecular weight excluding hydrogens is 368 g/mol. The summed E-state index contributed by atoms with van der Waals surface area (Å²) in [6, 6.07) is 10.3. The number of hydrogen-bond donors (Lipinski definition) is 2. The number of aromatic amines is 1. The van der Waals surface area contributed by atoms with Gasteiger partial charge in [-0.3, -0.25) is 9.78 Å². The van der Waals surface area contributed by atoms with E-state index < -0.39 is 5.97 Å². The largest absolute Gasteiger partial charge is 0.460 e. The normalized spacial score (nSPS) is 10.6. The van der Waals surface area contributed by atoms with E-state index in [1.165, 1.54) is 11.3 Å². The third-order valence-corrected chi connectivity index (χ3v) is 4.38. The number of nitrogens with one attached hydrogen (secondary N) is 2. The number of carbonyl (C=O) groups excluding carboxylic acids is 1. The molecule has 0 aliphatic heterocycles. The summed E-state index contributed by atoms with van der Waals surface area (Å²) in [5, 5.41) is 12.8. The molecule has 3 aromatic rings. The van der Waals surface area contributed by atoms with Gasteiger partial charge in [-0.1, -0.05) is 6.07 Å². The van der Waals surface area contributed by atoms with Crippen LogP contribution < -0.4 is 10.9 Å². The summed E-state index contributed by atoms with van der Waals surface area (Å²) in [6.45, 7) is 3.04. The lowest BCUT2D eigenvalue weighted by Gasteiger charge is -2.07. The van der Waals surface area contributed by atoms with Gasteiger partial charge >= 0.3 is 5.97 Å². The highest BCUT2D eigenvalue weighted by Crippen LogP contribution is 2.19. The third kappa shape index (κ3) is 4.99. The van der Waals surface area contributed by atoms with Crippen LogP contribution in [0.3, 0.4) is 0 Å². The quantitative estimate of drug-likeness (QED) is 0.453. The number of esters is 1. The minimum atomic E-state index is -0.422. The average molecular weight is 386 g/mol. The number of benzene rings is 1. The molecule has 0 bridgehead atoms. The van der Waals surface area contributed by atoms with E-state index in [1.807, 2.05) is 24.4 Å². The van der Waals surface area contributed by atoms with Gasteiger partial charge in [-0.25, -0.2) is 4.79 Å². The summed E-state index contributed by atoms with van der Waals surface area (Å²) in [6.07, 6.45) is 0. The molecule has 0 radical (unpaired) electrons. The summed E-state index contributed by atoms with van der Waals surface area (Å²) in [7, 11) is 0. The first-order valence-corrected chi connectivity index (χ1v) is 9.18. The fourth-order valence-electron chi connectivity index (χ4n) is 2.22. The number of aromatic nitrogens is 3. The Morgan fingerprint density at radius 2 is 2.00 bits per heavy atom. The monoisotopic (exact) mass is 386 g/mol. The maximum absolute atomic E-state index is 12.2. The van der Waals surface area contributed by atoms with Crippen molar-refractivity contribution in [1.29, 1.82) is 0 Å². The second kappa shape index (κ2) is 9.06. The Morgan fingerprint density at radius 3 is 2.67 bits per heavy atom. The fraction of sp³-hybridized carbons (Fsp3) is 0.222. The lowest BCUT2D eigenvalue weighted by Crippen LogP contribution is -2.15. The van der Waals surface area contributed by atoms with Crippen LogP contribution in [-0.2, 0) is 9.47 Å². The van der Waals surface area contributed by atoms with E-state index in [0.29, 0.717) is 24.5 Å². The topological polar surface area (TPSA) is 106 Å². The van der Waals surface area contributed by atoms with Crippen molar-refractivity contribution in [3.05, 3.63) is 57.7 Å². The number of carbonyl (C=O) groups is 1. The number of rotatable bonds is 8. The molecule has 0 atom stereocenters. The van der Waals surface area contributed by atoms with Crippen LogP contribution >= 0.6 is 11.3 Å². The van der Waals surface area contributed by atoms with Crippen LogP contribution in [0.5, 0.6) is 0 Å². The van der Waals surface area contributed by atoms with Gasteiger partial charge in [-0.15, -0.1) is 21.5 Å². The molecule has 27 heavy (non-hydrogen) atoms. The molecule has 0 spiro atoms. The SMILES string of the molecule is CCOCCOC(=O)c1ccc(Nc2nnc(-c3cccs3)c(=O)[nH]2)cc1. The van der Waals surface area contributed by atoms with Gasteiger partial charge in [0.25, 0.3) is 5.56 Å². The van der Waals surface area contributed by atoms with Crippen LogP contribution in [0.4, 0.5) is 11.6 Å². The fourth-order valence-corrected chi connectivity index (χ4v) is 2.92. The molecule has 0 amide bonds. The second-order valence-corrected chi connectivity index (χ2v) is 6.31. The van der Waals surface area contributed by atoms with Gasteiger partial charge in [0.1, 0.15) is 6.61 Å². The predicted molar refractivity (Wildman–Crippen MR) is 102 cm³/mol.